The molecule has 1 aromatic heterocycles. The molecule has 0 bridgehead atoms. The van der Waals surface area contributed by atoms with Crippen LogP contribution in [0.5, 0.6) is 0 Å². The van der Waals surface area contributed by atoms with Gasteiger partial charge >= 0.3 is 0 Å². The van der Waals surface area contributed by atoms with Gasteiger partial charge in [0.1, 0.15) is 10.7 Å². The Labute approximate surface area is 124 Å². The van der Waals surface area contributed by atoms with Gasteiger partial charge in [0.2, 0.25) is 10.0 Å². The minimum Gasteiger partial charge on any atom is -0.398 e. The highest BCUT2D eigenvalue weighted by atomic mass is 32.2. The minimum atomic E-state index is -3.68. The van der Waals surface area contributed by atoms with Crippen molar-refractivity contribution in [3.63, 3.8) is 0 Å². The van der Waals surface area contributed by atoms with Crippen molar-refractivity contribution in [2.75, 3.05) is 5.73 Å². The zero-order valence-corrected chi connectivity index (χ0v) is 13.3. The molecule has 0 saturated carbocycles. The van der Waals surface area contributed by atoms with Crippen LogP contribution >= 0.6 is 0 Å². The average Bonchev–Trinajstić information content (AvgIpc) is 2.71. The lowest BCUT2D eigenvalue weighted by Gasteiger charge is -2.11. The summed E-state index contributed by atoms with van der Waals surface area (Å²) in [7, 11) is -3.68. The van der Waals surface area contributed by atoms with Gasteiger partial charge in [0.25, 0.3) is 0 Å². The van der Waals surface area contributed by atoms with Gasteiger partial charge in [0.15, 0.2) is 0 Å². The third-order valence-electron chi connectivity index (χ3n) is 3.54. The number of hydrogen-bond acceptors (Lipinski definition) is 5. The fourth-order valence-electron chi connectivity index (χ4n) is 2.04. The lowest BCUT2D eigenvalue weighted by atomic mass is 10.1. The largest absolute Gasteiger partial charge is 0.398 e. The van der Waals surface area contributed by atoms with Gasteiger partial charge in [0.05, 0.1) is 11.4 Å². The van der Waals surface area contributed by atoms with E-state index in [-0.39, 0.29) is 17.1 Å². The highest BCUT2D eigenvalue weighted by Gasteiger charge is 2.20. The van der Waals surface area contributed by atoms with E-state index in [0.29, 0.717) is 11.5 Å². The van der Waals surface area contributed by atoms with Crippen molar-refractivity contribution in [2.45, 2.75) is 39.1 Å². The van der Waals surface area contributed by atoms with Crippen LogP contribution in [0.4, 0.5) is 5.69 Å². The second-order valence-corrected chi connectivity index (χ2v) is 6.84. The first-order chi connectivity index (χ1) is 9.72. The van der Waals surface area contributed by atoms with Gasteiger partial charge < -0.3 is 10.3 Å². The number of anilines is 1. The molecule has 7 heteroatoms. The SMILES string of the molecule is Cc1cc(N)c(S(=O)(=O)NCc2c(C)noc2C)cc1C. The quantitative estimate of drug-likeness (QED) is 0.841. The maximum Gasteiger partial charge on any atom is 0.242 e. The molecule has 1 aromatic carbocycles. The van der Waals surface area contributed by atoms with Crippen molar-refractivity contribution in [2.24, 2.45) is 0 Å². The zero-order valence-electron chi connectivity index (χ0n) is 12.5. The molecule has 2 rings (SSSR count). The number of sulfonamides is 1. The van der Waals surface area contributed by atoms with Gasteiger partial charge in [0, 0.05) is 12.1 Å². The van der Waals surface area contributed by atoms with Crippen LogP contribution in [0.25, 0.3) is 0 Å². The monoisotopic (exact) mass is 309 g/mol. The second kappa shape index (κ2) is 5.50. The van der Waals surface area contributed by atoms with Gasteiger partial charge in [-0.1, -0.05) is 5.16 Å². The smallest absolute Gasteiger partial charge is 0.242 e. The van der Waals surface area contributed by atoms with Crippen LogP contribution in [-0.2, 0) is 16.6 Å². The number of nitrogens with one attached hydrogen (secondary N) is 1. The average molecular weight is 309 g/mol. The summed E-state index contributed by atoms with van der Waals surface area (Å²) in [6, 6.07) is 3.25. The number of aromatic nitrogens is 1. The molecule has 3 N–H and O–H groups in total. The molecule has 0 unspecified atom stereocenters. The van der Waals surface area contributed by atoms with Crippen molar-refractivity contribution < 1.29 is 12.9 Å². The van der Waals surface area contributed by atoms with E-state index in [9.17, 15) is 8.42 Å². The molecule has 0 radical (unpaired) electrons. The first-order valence-corrected chi connectivity index (χ1v) is 7.99. The molecule has 0 aliphatic rings. The molecule has 0 amide bonds. The van der Waals surface area contributed by atoms with Crippen molar-refractivity contribution in [3.8, 4) is 0 Å². The minimum absolute atomic E-state index is 0.0948. The third-order valence-corrected chi connectivity index (χ3v) is 4.99. The first kappa shape index (κ1) is 15.5. The maximum absolute atomic E-state index is 12.4. The van der Waals surface area contributed by atoms with Gasteiger partial charge in [-0.15, -0.1) is 0 Å². The van der Waals surface area contributed by atoms with E-state index >= 15 is 0 Å². The summed E-state index contributed by atoms with van der Waals surface area (Å²) >= 11 is 0. The Bertz CT molecular complexity index is 760. The van der Waals surface area contributed by atoms with E-state index < -0.39 is 10.0 Å². The number of nitrogen functional groups attached to an aromatic ring is 1. The highest BCUT2D eigenvalue weighted by Crippen LogP contribution is 2.23. The molecule has 21 heavy (non-hydrogen) atoms. The van der Waals surface area contributed by atoms with Gasteiger partial charge in [-0.3, -0.25) is 0 Å². The summed E-state index contributed by atoms with van der Waals surface area (Å²) in [6.45, 7) is 7.37. The van der Waals surface area contributed by atoms with E-state index in [0.717, 1.165) is 16.7 Å². The van der Waals surface area contributed by atoms with Crippen LogP contribution < -0.4 is 10.5 Å². The Morgan fingerprint density at radius 3 is 2.38 bits per heavy atom. The molecule has 0 saturated heterocycles. The number of benzene rings is 1. The van der Waals surface area contributed by atoms with Crippen LogP contribution in [0, 0.1) is 27.7 Å². The topological polar surface area (TPSA) is 98.2 Å². The van der Waals surface area contributed by atoms with E-state index in [1.54, 1.807) is 26.0 Å². The van der Waals surface area contributed by atoms with Crippen LogP contribution in [0.15, 0.2) is 21.6 Å². The fraction of sp³-hybridized carbons (Fsp3) is 0.357. The molecule has 2 aromatic rings. The standard InChI is InChI=1S/C14H19N3O3S/c1-8-5-13(15)14(6-9(8)2)21(18,19)16-7-12-10(3)17-20-11(12)4/h5-6,16H,7,15H2,1-4H3. The molecule has 1 heterocycles. The number of rotatable bonds is 4. The van der Waals surface area contributed by atoms with Crippen LogP contribution in [0.1, 0.15) is 28.1 Å². The van der Waals surface area contributed by atoms with Crippen LogP contribution in [-0.4, -0.2) is 13.6 Å². The molecular formula is C14H19N3O3S. The Balaban J connectivity index is 2.29. The predicted octanol–water partition coefficient (Wildman–Crippen LogP) is 1.97. The Morgan fingerprint density at radius 1 is 1.19 bits per heavy atom. The van der Waals surface area contributed by atoms with E-state index in [2.05, 4.69) is 9.88 Å². The summed E-state index contributed by atoms with van der Waals surface area (Å²) in [5.74, 6) is 0.600. The number of nitrogens with two attached hydrogens (primary N) is 1. The number of hydrogen-bond donors (Lipinski definition) is 2. The van der Waals surface area contributed by atoms with E-state index in [1.165, 1.54) is 0 Å². The number of aryl methyl sites for hydroxylation is 4. The second-order valence-electron chi connectivity index (χ2n) is 5.10. The zero-order chi connectivity index (χ0) is 15.8. The van der Waals surface area contributed by atoms with E-state index in [1.807, 2.05) is 13.8 Å². The van der Waals surface area contributed by atoms with Crippen molar-refractivity contribution in [3.05, 3.63) is 40.3 Å². The van der Waals surface area contributed by atoms with Gasteiger partial charge in [-0.25, -0.2) is 13.1 Å². The van der Waals surface area contributed by atoms with Crippen LogP contribution in [0.2, 0.25) is 0 Å². The summed E-state index contributed by atoms with van der Waals surface area (Å²) in [5, 5.41) is 3.80. The summed E-state index contributed by atoms with van der Waals surface area (Å²) in [4.78, 5) is 0.0948. The fourth-order valence-corrected chi connectivity index (χ4v) is 3.23. The third kappa shape index (κ3) is 3.08. The van der Waals surface area contributed by atoms with Crippen molar-refractivity contribution in [1.82, 2.24) is 9.88 Å². The lowest BCUT2D eigenvalue weighted by molar-refractivity contribution is 0.392. The normalized spacial score (nSPS) is 11.8. The molecule has 0 aliphatic heterocycles. The van der Waals surface area contributed by atoms with Crippen molar-refractivity contribution >= 4 is 15.7 Å². The Morgan fingerprint density at radius 2 is 1.81 bits per heavy atom. The first-order valence-electron chi connectivity index (χ1n) is 6.50. The van der Waals surface area contributed by atoms with Crippen LogP contribution in [0.3, 0.4) is 0 Å². The molecule has 114 valence electrons. The molecule has 0 atom stereocenters. The van der Waals surface area contributed by atoms with Gasteiger partial charge in [-0.05, 0) is 51.0 Å². The summed E-state index contributed by atoms with van der Waals surface area (Å²) < 4.78 is 32.3. The molecule has 0 spiro atoms. The predicted molar refractivity (Wildman–Crippen MR) is 80.3 cm³/mol. The number of nitrogens with zero attached hydrogens (tertiary/aromatic N) is 1. The Kier molecular flexibility index (Phi) is 4.06. The maximum atomic E-state index is 12.4. The lowest BCUT2D eigenvalue weighted by Crippen LogP contribution is -2.24. The molecule has 0 fully saturated rings. The summed E-state index contributed by atoms with van der Waals surface area (Å²) in [5.41, 5.74) is 9.31. The molecular weight excluding hydrogens is 290 g/mol. The van der Waals surface area contributed by atoms with E-state index in [4.69, 9.17) is 10.3 Å². The molecule has 0 aliphatic carbocycles. The molecule has 6 nitrogen and oxygen atoms in total. The van der Waals surface area contributed by atoms with Gasteiger partial charge in [-0.2, -0.15) is 0 Å². The summed E-state index contributed by atoms with van der Waals surface area (Å²) in [6.07, 6.45) is 0. The van der Waals surface area contributed by atoms with Crippen molar-refractivity contribution in [1.29, 1.82) is 0 Å². The highest BCUT2D eigenvalue weighted by molar-refractivity contribution is 7.89. The Hall–Kier alpha value is -1.86.